The fraction of sp³-hybridized carbons (Fsp3) is 0.318. The molecule has 166 valence electrons. The molecule has 0 atom stereocenters. The first kappa shape index (κ1) is 24.3. The van der Waals surface area contributed by atoms with Gasteiger partial charge in [0.25, 0.3) is 11.8 Å². The Kier molecular flexibility index (Phi) is 10.4. The minimum absolute atomic E-state index is 0.128. The second kappa shape index (κ2) is 13.3. The lowest BCUT2D eigenvalue weighted by molar-refractivity contribution is 0.0946. The molecule has 0 saturated heterocycles. The SMILES string of the molecule is COCCCNC(=O)c1cccc(NC(=S)NC(=O)c2ccc(OCCOC)cc2)c1. The van der Waals surface area contributed by atoms with Gasteiger partial charge in [0.05, 0.1) is 6.61 Å². The van der Waals surface area contributed by atoms with Crippen molar-refractivity contribution in [1.82, 2.24) is 10.6 Å². The van der Waals surface area contributed by atoms with E-state index in [0.717, 1.165) is 6.42 Å². The quantitative estimate of drug-likeness (QED) is 0.361. The van der Waals surface area contributed by atoms with Crippen molar-refractivity contribution >= 4 is 34.8 Å². The van der Waals surface area contributed by atoms with Crippen LogP contribution in [0.4, 0.5) is 5.69 Å². The molecule has 0 radical (unpaired) electrons. The number of benzene rings is 2. The number of hydrogen-bond donors (Lipinski definition) is 3. The van der Waals surface area contributed by atoms with E-state index in [9.17, 15) is 9.59 Å². The molecule has 2 aromatic rings. The van der Waals surface area contributed by atoms with Crippen molar-refractivity contribution in [2.75, 3.05) is 45.9 Å². The van der Waals surface area contributed by atoms with Crippen molar-refractivity contribution in [2.24, 2.45) is 0 Å². The third-order valence-electron chi connectivity index (χ3n) is 4.09. The fourth-order valence-corrected chi connectivity index (χ4v) is 2.75. The van der Waals surface area contributed by atoms with Crippen LogP contribution in [0.3, 0.4) is 0 Å². The fourth-order valence-electron chi connectivity index (χ4n) is 2.54. The van der Waals surface area contributed by atoms with Crippen molar-refractivity contribution in [1.29, 1.82) is 0 Å². The highest BCUT2D eigenvalue weighted by Gasteiger charge is 2.10. The molecule has 2 amide bonds. The summed E-state index contributed by atoms with van der Waals surface area (Å²) in [4.78, 5) is 24.6. The lowest BCUT2D eigenvalue weighted by Crippen LogP contribution is -2.34. The smallest absolute Gasteiger partial charge is 0.257 e. The molecule has 0 fully saturated rings. The summed E-state index contributed by atoms with van der Waals surface area (Å²) in [5, 5.41) is 8.49. The highest BCUT2D eigenvalue weighted by Crippen LogP contribution is 2.13. The molecule has 0 unspecified atom stereocenters. The average molecular weight is 446 g/mol. The van der Waals surface area contributed by atoms with Crippen molar-refractivity contribution in [3.8, 4) is 5.75 Å². The lowest BCUT2D eigenvalue weighted by Gasteiger charge is -2.11. The van der Waals surface area contributed by atoms with Crippen LogP contribution in [0.1, 0.15) is 27.1 Å². The van der Waals surface area contributed by atoms with Gasteiger partial charge in [-0.25, -0.2) is 0 Å². The van der Waals surface area contributed by atoms with Gasteiger partial charge in [-0.15, -0.1) is 0 Å². The number of thiocarbonyl (C=S) groups is 1. The lowest BCUT2D eigenvalue weighted by atomic mass is 10.2. The minimum Gasteiger partial charge on any atom is -0.491 e. The average Bonchev–Trinajstić information content (AvgIpc) is 2.77. The third-order valence-corrected chi connectivity index (χ3v) is 4.30. The van der Waals surface area contributed by atoms with E-state index in [0.29, 0.717) is 48.9 Å². The van der Waals surface area contributed by atoms with E-state index in [1.165, 1.54) is 0 Å². The van der Waals surface area contributed by atoms with Gasteiger partial charge < -0.3 is 24.8 Å². The summed E-state index contributed by atoms with van der Waals surface area (Å²) in [6.45, 7) is 2.02. The summed E-state index contributed by atoms with van der Waals surface area (Å²) in [5.41, 5.74) is 1.52. The first-order valence-electron chi connectivity index (χ1n) is 9.75. The number of methoxy groups -OCH3 is 2. The maximum absolute atomic E-state index is 12.4. The van der Waals surface area contributed by atoms with Gasteiger partial charge in [0, 0.05) is 44.2 Å². The molecule has 0 aliphatic rings. The molecule has 31 heavy (non-hydrogen) atoms. The van der Waals surface area contributed by atoms with Crippen LogP contribution in [-0.4, -0.2) is 57.5 Å². The summed E-state index contributed by atoms with van der Waals surface area (Å²) in [5.74, 6) is 0.0992. The Hall–Kier alpha value is -3.01. The first-order valence-corrected chi connectivity index (χ1v) is 10.2. The number of carbonyl (C=O) groups excluding carboxylic acids is 2. The topological polar surface area (TPSA) is 97.9 Å². The molecular formula is C22H27N3O5S. The molecule has 8 nitrogen and oxygen atoms in total. The second-order valence-electron chi connectivity index (χ2n) is 6.46. The highest BCUT2D eigenvalue weighted by molar-refractivity contribution is 7.80. The Morgan fingerprint density at radius 3 is 2.35 bits per heavy atom. The van der Waals surface area contributed by atoms with Crippen LogP contribution in [0.25, 0.3) is 0 Å². The predicted octanol–water partition coefficient (Wildman–Crippen LogP) is 2.60. The van der Waals surface area contributed by atoms with E-state index in [4.69, 9.17) is 26.4 Å². The van der Waals surface area contributed by atoms with Crippen LogP contribution >= 0.6 is 12.2 Å². The zero-order valence-corrected chi connectivity index (χ0v) is 18.4. The zero-order valence-electron chi connectivity index (χ0n) is 17.6. The van der Waals surface area contributed by atoms with E-state index in [1.54, 1.807) is 62.8 Å². The molecule has 9 heteroatoms. The molecule has 2 aromatic carbocycles. The summed E-state index contributed by atoms with van der Waals surface area (Å²) in [6.07, 6.45) is 0.733. The van der Waals surface area contributed by atoms with E-state index in [2.05, 4.69) is 16.0 Å². The number of rotatable bonds is 11. The zero-order chi connectivity index (χ0) is 22.5. The van der Waals surface area contributed by atoms with E-state index < -0.39 is 0 Å². The molecule has 0 bridgehead atoms. The van der Waals surface area contributed by atoms with Gasteiger partial charge in [0.1, 0.15) is 12.4 Å². The molecule has 0 heterocycles. The highest BCUT2D eigenvalue weighted by atomic mass is 32.1. The van der Waals surface area contributed by atoms with Gasteiger partial charge in [-0.1, -0.05) is 6.07 Å². The Morgan fingerprint density at radius 1 is 0.903 bits per heavy atom. The maximum Gasteiger partial charge on any atom is 0.257 e. The molecule has 2 rings (SSSR count). The summed E-state index contributed by atoms with van der Waals surface area (Å²) in [6, 6.07) is 13.6. The molecule has 0 aromatic heterocycles. The summed E-state index contributed by atoms with van der Waals surface area (Å²) < 4.78 is 15.4. The number of hydrogen-bond acceptors (Lipinski definition) is 6. The Balaban J connectivity index is 1.86. The van der Waals surface area contributed by atoms with Crippen LogP contribution in [0.15, 0.2) is 48.5 Å². The molecular weight excluding hydrogens is 418 g/mol. The second-order valence-corrected chi connectivity index (χ2v) is 6.87. The third kappa shape index (κ3) is 8.71. The van der Waals surface area contributed by atoms with Gasteiger partial charge >= 0.3 is 0 Å². The monoisotopic (exact) mass is 445 g/mol. The van der Waals surface area contributed by atoms with Crippen LogP contribution in [0, 0.1) is 0 Å². The molecule has 0 aliphatic heterocycles. The van der Waals surface area contributed by atoms with Crippen molar-refractivity contribution in [3.63, 3.8) is 0 Å². The predicted molar refractivity (Wildman–Crippen MR) is 123 cm³/mol. The number of anilines is 1. The molecule has 0 aliphatic carbocycles. The van der Waals surface area contributed by atoms with Gasteiger partial charge in [-0.05, 0) is 61.1 Å². The van der Waals surface area contributed by atoms with Gasteiger partial charge in [-0.2, -0.15) is 0 Å². The standard InChI is InChI=1S/C22H27N3O5S/c1-28-12-4-11-23-20(26)17-5-3-6-18(15-17)24-22(31)25-21(27)16-7-9-19(10-8-16)30-14-13-29-2/h3,5-10,15H,4,11-14H2,1-2H3,(H,23,26)(H2,24,25,27,31). The van der Waals surface area contributed by atoms with Gasteiger partial charge in [0.2, 0.25) is 0 Å². The van der Waals surface area contributed by atoms with Gasteiger partial charge in [0.15, 0.2) is 5.11 Å². The number of carbonyl (C=O) groups is 2. The molecule has 0 saturated carbocycles. The summed E-state index contributed by atoms with van der Waals surface area (Å²) >= 11 is 5.22. The number of nitrogens with one attached hydrogen (secondary N) is 3. The van der Waals surface area contributed by atoms with E-state index in [1.807, 2.05) is 0 Å². The molecule has 0 spiro atoms. The van der Waals surface area contributed by atoms with Crippen LogP contribution in [-0.2, 0) is 9.47 Å². The first-order chi connectivity index (χ1) is 15.0. The summed E-state index contributed by atoms with van der Waals surface area (Å²) in [7, 11) is 3.22. The largest absolute Gasteiger partial charge is 0.491 e. The van der Waals surface area contributed by atoms with Crippen LogP contribution in [0.2, 0.25) is 0 Å². The minimum atomic E-state index is -0.354. The van der Waals surface area contributed by atoms with Gasteiger partial charge in [-0.3, -0.25) is 14.9 Å². The van der Waals surface area contributed by atoms with E-state index in [-0.39, 0.29) is 16.9 Å². The van der Waals surface area contributed by atoms with Crippen LogP contribution < -0.4 is 20.7 Å². The Morgan fingerprint density at radius 2 is 1.65 bits per heavy atom. The number of amides is 2. The van der Waals surface area contributed by atoms with Crippen molar-refractivity contribution < 1.29 is 23.8 Å². The normalized spacial score (nSPS) is 10.3. The molecule has 3 N–H and O–H groups in total. The Labute approximate surface area is 187 Å². The van der Waals surface area contributed by atoms with Crippen molar-refractivity contribution in [3.05, 3.63) is 59.7 Å². The Bertz CT molecular complexity index is 874. The van der Waals surface area contributed by atoms with Crippen molar-refractivity contribution in [2.45, 2.75) is 6.42 Å². The number of ether oxygens (including phenoxy) is 3. The van der Waals surface area contributed by atoms with Crippen LogP contribution in [0.5, 0.6) is 5.75 Å². The van der Waals surface area contributed by atoms with E-state index >= 15 is 0 Å². The maximum atomic E-state index is 12.4.